The Bertz CT molecular complexity index is 619. The van der Waals surface area contributed by atoms with Crippen LogP contribution >= 0.6 is 0 Å². The molecule has 21 heavy (non-hydrogen) atoms. The lowest BCUT2D eigenvalue weighted by Crippen LogP contribution is -2.35. The SMILES string of the molecule is c1ccc2c(c1)CCCC2c1nc(C2COCCN2)no1. The number of nitrogens with zero attached hydrogens (tertiary/aromatic N) is 2. The molecular weight excluding hydrogens is 266 g/mol. The van der Waals surface area contributed by atoms with Gasteiger partial charge >= 0.3 is 0 Å². The maximum Gasteiger partial charge on any atom is 0.234 e. The van der Waals surface area contributed by atoms with Gasteiger partial charge in [-0.1, -0.05) is 29.4 Å². The first-order valence-corrected chi connectivity index (χ1v) is 7.64. The van der Waals surface area contributed by atoms with Crippen molar-refractivity contribution in [2.24, 2.45) is 0 Å². The summed E-state index contributed by atoms with van der Waals surface area (Å²) in [6.07, 6.45) is 3.39. The second kappa shape index (κ2) is 5.58. The number of rotatable bonds is 2. The lowest BCUT2D eigenvalue weighted by molar-refractivity contribution is 0.0734. The Hall–Kier alpha value is -1.72. The normalized spacial score (nSPS) is 25.5. The van der Waals surface area contributed by atoms with Crippen molar-refractivity contribution in [3.05, 3.63) is 47.1 Å². The minimum absolute atomic E-state index is 0.0510. The zero-order chi connectivity index (χ0) is 14.1. The van der Waals surface area contributed by atoms with Crippen LogP contribution in [0.25, 0.3) is 0 Å². The van der Waals surface area contributed by atoms with E-state index in [1.54, 1.807) is 0 Å². The highest BCUT2D eigenvalue weighted by Gasteiger charge is 2.28. The van der Waals surface area contributed by atoms with E-state index in [0.717, 1.165) is 31.9 Å². The summed E-state index contributed by atoms with van der Waals surface area (Å²) in [5, 5.41) is 7.52. The first-order valence-electron chi connectivity index (χ1n) is 7.64. The molecule has 1 aliphatic carbocycles. The van der Waals surface area contributed by atoms with E-state index in [1.807, 2.05) is 0 Å². The molecule has 5 heteroatoms. The quantitative estimate of drug-likeness (QED) is 0.916. The molecule has 0 radical (unpaired) electrons. The third-order valence-electron chi connectivity index (χ3n) is 4.36. The summed E-state index contributed by atoms with van der Waals surface area (Å²) in [4.78, 5) is 4.64. The van der Waals surface area contributed by atoms with Gasteiger partial charge in [0.15, 0.2) is 5.82 Å². The van der Waals surface area contributed by atoms with Gasteiger partial charge in [-0.15, -0.1) is 0 Å². The van der Waals surface area contributed by atoms with Crippen LogP contribution in [-0.2, 0) is 11.2 Å². The number of aromatic nitrogens is 2. The number of fused-ring (bicyclic) bond motifs is 1. The van der Waals surface area contributed by atoms with Crippen molar-refractivity contribution >= 4 is 0 Å². The molecule has 2 aromatic rings. The zero-order valence-electron chi connectivity index (χ0n) is 11.9. The van der Waals surface area contributed by atoms with Gasteiger partial charge in [-0.2, -0.15) is 4.98 Å². The molecule has 2 heterocycles. The average molecular weight is 285 g/mol. The fraction of sp³-hybridized carbons (Fsp3) is 0.500. The van der Waals surface area contributed by atoms with Crippen LogP contribution in [0.15, 0.2) is 28.8 Å². The van der Waals surface area contributed by atoms with Crippen molar-refractivity contribution in [1.82, 2.24) is 15.5 Å². The predicted octanol–water partition coefficient (Wildman–Crippen LogP) is 2.20. The van der Waals surface area contributed by atoms with Crippen molar-refractivity contribution in [2.75, 3.05) is 19.8 Å². The summed E-state index contributed by atoms with van der Waals surface area (Å²) in [6, 6.07) is 8.63. The molecule has 2 atom stereocenters. The average Bonchev–Trinajstić information content (AvgIpc) is 3.05. The number of aryl methyl sites for hydroxylation is 1. The van der Waals surface area contributed by atoms with Gasteiger partial charge in [0.1, 0.15) is 0 Å². The van der Waals surface area contributed by atoms with Gasteiger partial charge in [-0.25, -0.2) is 0 Å². The van der Waals surface area contributed by atoms with Crippen LogP contribution in [-0.4, -0.2) is 29.9 Å². The number of hydrogen-bond donors (Lipinski definition) is 1. The Morgan fingerprint density at radius 1 is 1.24 bits per heavy atom. The zero-order valence-corrected chi connectivity index (χ0v) is 11.9. The third kappa shape index (κ3) is 2.47. The Morgan fingerprint density at radius 3 is 3.10 bits per heavy atom. The Labute approximate surface area is 123 Å². The first kappa shape index (κ1) is 13.0. The van der Waals surface area contributed by atoms with E-state index in [-0.39, 0.29) is 12.0 Å². The number of benzene rings is 1. The lowest BCUT2D eigenvalue weighted by Gasteiger charge is -2.22. The molecule has 1 aromatic heterocycles. The lowest BCUT2D eigenvalue weighted by atomic mass is 9.83. The van der Waals surface area contributed by atoms with Crippen LogP contribution in [0.1, 0.15) is 47.6 Å². The Balaban J connectivity index is 1.61. The standard InChI is InChI=1S/C16H19N3O2/c1-2-6-12-11(4-1)5-3-7-13(12)16-18-15(19-21-16)14-10-20-9-8-17-14/h1-2,4,6,13-14,17H,3,5,7-10H2. The van der Waals surface area contributed by atoms with Crippen LogP contribution in [0.3, 0.4) is 0 Å². The molecule has 1 saturated heterocycles. The number of nitrogens with one attached hydrogen (secondary N) is 1. The molecule has 0 spiro atoms. The summed E-state index contributed by atoms with van der Waals surface area (Å²) < 4.78 is 11.0. The van der Waals surface area contributed by atoms with Gasteiger partial charge in [0.05, 0.1) is 25.2 Å². The number of morpholine rings is 1. The second-order valence-corrected chi connectivity index (χ2v) is 5.72. The molecule has 1 fully saturated rings. The van der Waals surface area contributed by atoms with E-state index in [1.165, 1.54) is 17.5 Å². The van der Waals surface area contributed by atoms with E-state index in [2.05, 4.69) is 39.7 Å². The maximum absolute atomic E-state index is 5.56. The van der Waals surface area contributed by atoms with Gasteiger partial charge in [0, 0.05) is 6.54 Å². The minimum Gasteiger partial charge on any atom is -0.378 e. The predicted molar refractivity (Wildman–Crippen MR) is 77.1 cm³/mol. The summed E-state index contributed by atoms with van der Waals surface area (Å²) >= 11 is 0. The van der Waals surface area contributed by atoms with Gasteiger partial charge in [0.2, 0.25) is 5.89 Å². The van der Waals surface area contributed by atoms with E-state index in [9.17, 15) is 0 Å². The molecule has 1 N–H and O–H groups in total. The number of ether oxygens (including phenoxy) is 1. The molecule has 0 bridgehead atoms. The monoisotopic (exact) mass is 285 g/mol. The van der Waals surface area contributed by atoms with E-state index in [4.69, 9.17) is 9.26 Å². The fourth-order valence-corrected chi connectivity index (χ4v) is 3.27. The van der Waals surface area contributed by atoms with E-state index < -0.39 is 0 Å². The van der Waals surface area contributed by atoms with Crippen LogP contribution in [0.5, 0.6) is 0 Å². The van der Waals surface area contributed by atoms with Gasteiger partial charge in [0.25, 0.3) is 0 Å². The van der Waals surface area contributed by atoms with E-state index in [0.29, 0.717) is 12.4 Å². The molecule has 110 valence electrons. The topological polar surface area (TPSA) is 60.2 Å². The highest BCUT2D eigenvalue weighted by atomic mass is 16.5. The number of hydrogen-bond acceptors (Lipinski definition) is 5. The summed E-state index contributed by atoms with van der Waals surface area (Å²) in [5.41, 5.74) is 2.75. The van der Waals surface area contributed by atoms with Crippen molar-refractivity contribution in [3.8, 4) is 0 Å². The summed E-state index contributed by atoms with van der Waals surface area (Å²) in [6.45, 7) is 2.19. The smallest absolute Gasteiger partial charge is 0.234 e. The molecule has 0 saturated carbocycles. The summed E-state index contributed by atoms with van der Waals surface area (Å²) in [7, 11) is 0. The van der Waals surface area contributed by atoms with Crippen LogP contribution < -0.4 is 5.32 Å². The van der Waals surface area contributed by atoms with Crippen molar-refractivity contribution in [3.63, 3.8) is 0 Å². The third-order valence-corrected chi connectivity index (χ3v) is 4.36. The first-order chi connectivity index (χ1) is 10.4. The van der Waals surface area contributed by atoms with Crippen molar-refractivity contribution in [2.45, 2.75) is 31.2 Å². The second-order valence-electron chi connectivity index (χ2n) is 5.72. The minimum atomic E-state index is 0.0510. The molecule has 5 nitrogen and oxygen atoms in total. The largest absolute Gasteiger partial charge is 0.378 e. The molecule has 1 aliphatic heterocycles. The van der Waals surface area contributed by atoms with Crippen LogP contribution in [0, 0.1) is 0 Å². The molecular formula is C16H19N3O2. The highest BCUT2D eigenvalue weighted by Crippen LogP contribution is 2.36. The van der Waals surface area contributed by atoms with Crippen molar-refractivity contribution in [1.29, 1.82) is 0 Å². The Kier molecular flexibility index (Phi) is 3.45. The fourth-order valence-electron chi connectivity index (χ4n) is 3.27. The summed E-state index contributed by atoms with van der Waals surface area (Å²) in [5.74, 6) is 1.69. The molecule has 0 amide bonds. The molecule has 2 unspecified atom stereocenters. The van der Waals surface area contributed by atoms with Gasteiger partial charge in [-0.05, 0) is 30.4 Å². The Morgan fingerprint density at radius 2 is 2.19 bits per heavy atom. The maximum atomic E-state index is 5.56. The van der Waals surface area contributed by atoms with Crippen LogP contribution in [0.4, 0.5) is 0 Å². The molecule has 1 aromatic carbocycles. The van der Waals surface area contributed by atoms with E-state index >= 15 is 0 Å². The van der Waals surface area contributed by atoms with Crippen molar-refractivity contribution < 1.29 is 9.26 Å². The highest BCUT2D eigenvalue weighted by molar-refractivity contribution is 5.35. The van der Waals surface area contributed by atoms with Crippen LogP contribution in [0.2, 0.25) is 0 Å². The van der Waals surface area contributed by atoms with Gasteiger partial charge < -0.3 is 14.6 Å². The van der Waals surface area contributed by atoms with Gasteiger partial charge in [-0.3, -0.25) is 0 Å². The molecule has 2 aliphatic rings. The molecule has 4 rings (SSSR count).